The van der Waals surface area contributed by atoms with Crippen molar-refractivity contribution in [2.45, 2.75) is 99.2 Å². The van der Waals surface area contributed by atoms with E-state index in [1.54, 1.807) is 0 Å². The highest BCUT2D eigenvalue weighted by molar-refractivity contribution is 5.77. The second kappa shape index (κ2) is 14.3. The summed E-state index contributed by atoms with van der Waals surface area (Å²) < 4.78 is 21.3. The lowest BCUT2D eigenvalue weighted by atomic mass is 9.87. The van der Waals surface area contributed by atoms with E-state index >= 15 is 0 Å². The van der Waals surface area contributed by atoms with Gasteiger partial charge in [0, 0.05) is 33.8 Å². The summed E-state index contributed by atoms with van der Waals surface area (Å²) in [6.45, 7) is -0.180. The van der Waals surface area contributed by atoms with Crippen LogP contribution in [0.15, 0.2) is 0 Å². The maximum absolute atomic E-state index is 12.5. The second-order valence-electron chi connectivity index (χ2n) is 10.1. The first-order chi connectivity index (χ1) is 19.5. The summed E-state index contributed by atoms with van der Waals surface area (Å²) in [6.07, 6.45) is -17.5. The van der Waals surface area contributed by atoms with Gasteiger partial charge in [0.1, 0.15) is 36.6 Å². The van der Waals surface area contributed by atoms with Crippen LogP contribution >= 0.6 is 0 Å². The molecular formula is C23H38N2O17. The molecular weight excluding hydrogens is 576 g/mol. The van der Waals surface area contributed by atoms with Crippen LogP contribution in [0.1, 0.15) is 26.7 Å². The number of methoxy groups -OCH3 is 1. The molecule has 0 aliphatic carbocycles. The fourth-order valence-electron chi connectivity index (χ4n) is 4.93. The minimum Gasteiger partial charge on any atom is -0.477 e. The zero-order valence-electron chi connectivity index (χ0n) is 22.9. The van der Waals surface area contributed by atoms with Crippen LogP contribution in [0.2, 0.25) is 0 Å². The molecule has 2 rings (SSSR count). The van der Waals surface area contributed by atoms with Gasteiger partial charge in [-0.05, 0) is 0 Å². The van der Waals surface area contributed by atoms with Gasteiger partial charge in [0.15, 0.2) is 0 Å². The van der Waals surface area contributed by atoms with Gasteiger partial charge in [-0.15, -0.1) is 0 Å². The minimum absolute atomic E-state index is 0.719. The largest absolute Gasteiger partial charge is 0.477 e. The molecule has 0 bridgehead atoms. The molecule has 2 aliphatic heterocycles. The minimum atomic E-state index is -3.01. The molecule has 2 fully saturated rings. The van der Waals surface area contributed by atoms with E-state index in [0.717, 1.165) is 21.0 Å². The summed E-state index contributed by atoms with van der Waals surface area (Å²) in [7, 11) is 0.928. The third-order valence-electron chi connectivity index (χ3n) is 7.02. The molecule has 0 radical (unpaired) electrons. The molecule has 2 heterocycles. The van der Waals surface area contributed by atoms with Crippen molar-refractivity contribution in [2.24, 2.45) is 0 Å². The number of aliphatic carboxylic acids is 2. The highest BCUT2D eigenvalue weighted by Gasteiger charge is 2.59. The molecule has 0 aromatic rings. The Bertz CT molecular complexity index is 985. The van der Waals surface area contributed by atoms with Gasteiger partial charge in [0.25, 0.3) is 11.6 Å². The summed E-state index contributed by atoms with van der Waals surface area (Å²) in [5.74, 6) is -10.8. The van der Waals surface area contributed by atoms with Crippen molar-refractivity contribution in [3.8, 4) is 0 Å². The molecule has 19 heteroatoms. The first-order valence-electron chi connectivity index (χ1n) is 12.7. The van der Waals surface area contributed by atoms with Crippen molar-refractivity contribution in [3.63, 3.8) is 0 Å². The van der Waals surface area contributed by atoms with Crippen molar-refractivity contribution in [1.82, 2.24) is 10.6 Å². The first kappa shape index (κ1) is 35.6. The van der Waals surface area contributed by atoms with Gasteiger partial charge < -0.3 is 75.5 Å². The Morgan fingerprint density at radius 2 is 1.24 bits per heavy atom. The van der Waals surface area contributed by atoms with Crippen LogP contribution in [0.5, 0.6) is 0 Å². The highest BCUT2D eigenvalue weighted by atomic mass is 16.7. The quantitative estimate of drug-likeness (QED) is 0.0919. The predicted molar refractivity (Wildman–Crippen MR) is 131 cm³/mol. The third-order valence-corrected chi connectivity index (χ3v) is 7.02. The van der Waals surface area contributed by atoms with Crippen LogP contribution in [0.25, 0.3) is 0 Å². The fraction of sp³-hybridized carbons (Fsp3) is 0.826. The van der Waals surface area contributed by atoms with E-state index in [9.17, 15) is 65.1 Å². The summed E-state index contributed by atoms with van der Waals surface area (Å²) >= 11 is 0. The molecule has 19 nitrogen and oxygen atoms in total. The van der Waals surface area contributed by atoms with Crippen molar-refractivity contribution in [3.05, 3.63) is 0 Å². The first-order valence-corrected chi connectivity index (χ1v) is 12.7. The maximum Gasteiger partial charge on any atom is 0.364 e. The van der Waals surface area contributed by atoms with Gasteiger partial charge in [-0.2, -0.15) is 0 Å². The molecule has 0 spiro atoms. The average Bonchev–Trinajstić information content (AvgIpc) is 2.92. The van der Waals surface area contributed by atoms with Gasteiger partial charge in [-0.25, -0.2) is 9.59 Å². The van der Waals surface area contributed by atoms with Crippen LogP contribution in [0.4, 0.5) is 0 Å². The molecule has 42 heavy (non-hydrogen) atoms. The average molecular weight is 615 g/mol. The van der Waals surface area contributed by atoms with E-state index in [-0.39, 0.29) is 0 Å². The van der Waals surface area contributed by atoms with Crippen molar-refractivity contribution in [1.29, 1.82) is 0 Å². The summed E-state index contributed by atoms with van der Waals surface area (Å²) in [4.78, 5) is 47.9. The Labute approximate surface area is 238 Å². The third kappa shape index (κ3) is 7.50. The van der Waals surface area contributed by atoms with E-state index in [0.29, 0.717) is 0 Å². The number of nitrogens with one attached hydrogen (secondary N) is 2. The van der Waals surface area contributed by atoms with E-state index in [4.69, 9.17) is 18.9 Å². The molecule has 0 aromatic heterocycles. The number of aliphatic hydroxyl groups excluding tert-OH is 7. The summed E-state index contributed by atoms with van der Waals surface area (Å²) in [5.41, 5.74) is 0. The standard InChI is InChI=1S/C23H38N2O17/c1-8(28)24-14-11(31)5-23(21(37)38,42-18(14)16(33)12(32)6-26)40-13(7-27)17(34)19-15(25-9(2)29)10(30)4-22(39-3,41-19)20(35)36/h10-19,26-27,30-34H,4-7H2,1-3H3,(H,24,28)(H,25,29)(H,35,36)(H,37,38)/t10-,11-,12+,13+,14+,15+,16+,17+,18+,19+,22+,23+/m0/s1. The Balaban J connectivity index is 2.52. The van der Waals surface area contributed by atoms with Crippen LogP contribution in [0, 0.1) is 0 Å². The summed E-state index contributed by atoms with van der Waals surface area (Å²) in [6, 6.07) is -3.07. The number of aliphatic hydroxyl groups is 7. The molecule has 242 valence electrons. The topological polar surface area (TPSA) is 311 Å². The molecule has 11 N–H and O–H groups in total. The van der Waals surface area contributed by atoms with E-state index in [2.05, 4.69) is 10.6 Å². The van der Waals surface area contributed by atoms with Gasteiger partial charge in [-0.3, -0.25) is 9.59 Å². The zero-order valence-corrected chi connectivity index (χ0v) is 22.9. The monoisotopic (exact) mass is 614 g/mol. The van der Waals surface area contributed by atoms with Crippen LogP contribution in [-0.2, 0) is 38.1 Å². The molecule has 0 aromatic carbocycles. The number of hydrogen-bond donors (Lipinski definition) is 11. The van der Waals surface area contributed by atoms with Gasteiger partial charge >= 0.3 is 11.9 Å². The number of ether oxygens (including phenoxy) is 4. The Morgan fingerprint density at radius 1 is 0.810 bits per heavy atom. The lowest BCUT2D eigenvalue weighted by Crippen LogP contribution is -2.70. The number of rotatable bonds is 13. The second-order valence-corrected chi connectivity index (χ2v) is 10.1. The lowest BCUT2D eigenvalue weighted by Gasteiger charge is -2.49. The lowest BCUT2D eigenvalue weighted by molar-refractivity contribution is -0.344. The molecule has 12 atom stereocenters. The van der Waals surface area contributed by atoms with Crippen LogP contribution < -0.4 is 10.6 Å². The van der Waals surface area contributed by atoms with E-state index in [1.807, 2.05) is 0 Å². The smallest absolute Gasteiger partial charge is 0.364 e. The Hall–Kier alpha value is -2.56. The van der Waals surface area contributed by atoms with Crippen LogP contribution in [-0.4, -0.2) is 163 Å². The SMILES string of the molecule is CO[C@]1(C(=O)O)C[C@H](O)[C@@H](NC(C)=O)[C@H]([C@H](O)[C@@H](CO)O[C@]2(C(=O)O)C[C@H](O)[C@@H](NC(C)=O)[C@H]([C@H](O)[C@H](O)CO)O2)O1. The van der Waals surface area contributed by atoms with Gasteiger partial charge in [0.05, 0.1) is 37.5 Å². The van der Waals surface area contributed by atoms with E-state index in [1.165, 1.54) is 0 Å². The predicted octanol–water partition coefficient (Wildman–Crippen LogP) is -6.04. The summed E-state index contributed by atoms with van der Waals surface area (Å²) in [5, 5.41) is 96.8. The number of carboxylic acid groups (broad SMARTS) is 2. The number of amides is 2. The van der Waals surface area contributed by atoms with E-state index < -0.39 is 122 Å². The molecule has 2 amide bonds. The van der Waals surface area contributed by atoms with Crippen LogP contribution in [0.3, 0.4) is 0 Å². The zero-order chi connectivity index (χ0) is 32.2. The molecule has 0 saturated carbocycles. The number of carboxylic acids is 2. The van der Waals surface area contributed by atoms with Crippen molar-refractivity contribution >= 4 is 23.8 Å². The van der Waals surface area contributed by atoms with Crippen molar-refractivity contribution < 1.29 is 84.1 Å². The number of carbonyl (C=O) groups is 4. The normalized spacial score (nSPS) is 36.2. The molecule has 2 aliphatic rings. The number of hydrogen-bond acceptors (Lipinski definition) is 15. The molecule has 0 unspecified atom stereocenters. The maximum atomic E-state index is 12.5. The van der Waals surface area contributed by atoms with Gasteiger partial charge in [-0.1, -0.05) is 0 Å². The fourth-order valence-corrected chi connectivity index (χ4v) is 4.93. The van der Waals surface area contributed by atoms with Crippen molar-refractivity contribution in [2.75, 3.05) is 20.3 Å². The molecule has 2 saturated heterocycles. The highest BCUT2D eigenvalue weighted by Crippen LogP contribution is 2.37. The van der Waals surface area contributed by atoms with Gasteiger partial charge in [0.2, 0.25) is 11.8 Å². The number of carbonyl (C=O) groups excluding carboxylic acids is 2. The Morgan fingerprint density at radius 3 is 1.62 bits per heavy atom. The Kier molecular flexibility index (Phi) is 12.1.